The van der Waals surface area contributed by atoms with Crippen molar-refractivity contribution < 1.29 is 4.79 Å². The van der Waals surface area contributed by atoms with Gasteiger partial charge in [0.05, 0.1) is 12.5 Å². The van der Waals surface area contributed by atoms with Crippen LogP contribution in [0.25, 0.3) is 0 Å². The number of carbonyl (C=O) groups is 1. The van der Waals surface area contributed by atoms with Crippen molar-refractivity contribution in [3.8, 4) is 6.07 Å². The third-order valence-electron chi connectivity index (χ3n) is 2.84. The lowest BCUT2D eigenvalue weighted by molar-refractivity contribution is -0.118. The maximum absolute atomic E-state index is 11.0. The Bertz CT molecular complexity index is 205. The van der Waals surface area contributed by atoms with Crippen molar-refractivity contribution in [2.75, 3.05) is 0 Å². The number of unbranched alkanes of at least 4 members (excludes halogenated alkanes) is 8. The summed E-state index contributed by atoms with van der Waals surface area (Å²) < 4.78 is 0. The summed E-state index contributed by atoms with van der Waals surface area (Å²) in [6.07, 6.45) is 12.1. The van der Waals surface area contributed by atoms with Gasteiger partial charge in [0, 0.05) is 6.42 Å². The molecule has 16 heavy (non-hydrogen) atoms. The summed E-state index contributed by atoms with van der Waals surface area (Å²) >= 11 is 0. The Morgan fingerprint density at radius 2 is 1.44 bits per heavy atom. The van der Waals surface area contributed by atoms with E-state index in [1.807, 2.05) is 6.07 Å². The van der Waals surface area contributed by atoms with Crippen LogP contribution in [0.1, 0.15) is 77.6 Å². The molecule has 0 aliphatic rings. The third-order valence-corrected chi connectivity index (χ3v) is 2.84. The molecule has 0 bridgehead atoms. The van der Waals surface area contributed by atoms with Crippen LogP contribution in [0, 0.1) is 11.3 Å². The van der Waals surface area contributed by atoms with Crippen LogP contribution in [0.3, 0.4) is 0 Å². The van der Waals surface area contributed by atoms with Crippen LogP contribution in [0.5, 0.6) is 0 Å². The maximum Gasteiger partial charge on any atom is 0.146 e. The van der Waals surface area contributed by atoms with E-state index >= 15 is 0 Å². The number of nitriles is 1. The number of carbonyl (C=O) groups excluding carboxylic acids is 1. The molecule has 2 heteroatoms. The SMILES string of the molecule is CCCCCCCCCCCC(=O)CC#N. The molecule has 0 spiro atoms. The summed E-state index contributed by atoms with van der Waals surface area (Å²) in [7, 11) is 0. The number of ketones is 1. The molecule has 92 valence electrons. The number of hydrogen-bond donors (Lipinski definition) is 0. The van der Waals surface area contributed by atoms with Crippen LogP contribution in [0.4, 0.5) is 0 Å². The highest BCUT2D eigenvalue weighted by Gasteiger charge is 1.99. The largest absolute Gasteiger partial charge is 0.299 e. The molecule has 0 amide bonds. The van der Waals surface area contributed by atoms with Crippen molar-refractivity contribution in [2.45, 2.75) is 77.6 Å². The Balaban J connectivity index is 3.04. The Hall–Kier alpha value is -0.840. The number of hydrogen-bond acceptors (Lipinski definition) is 2. The molecule has 0 aromatic carbocycles. The summed E-state index contributed by atoms with van der Waals surface area (Å²) in [6.45, 7) is 2.23. The lowest BCUT2D eigenvalue weighted by Gasteiger charge is -2.01. The molecular weight excluding hydrogens is 198 g/mol. The molecule has 0 fully saturated rings. The quantitative estimate of drug-likeness (QED) is 0.487. The minimum atomic E-state index is 0.0943. The molecule has 2 nitrogen and oxygen atoms in total. The van der Waals surface area contributed by atoms with E-state index in [0.717, 1.165) is 12.8 Å². The first-order valence-electron chi connectivity index (χ1n) is 6.70. The van der Waals surface area contributed by atoms with E-state index in [1.165, 1.54) is 44.9 Å². The Morgan fingerprint density at radius 1 is 0.938 bits per heavy atom. The van der Waals surface area contributed by atoms with Gasteiger partial charge in [-0.15, -0.1) is 0 Å². The normalized spacial score (nSPS) is 10.0. The van der Waals surface area contributed by atoms with Crippen LogP contribution in [-0.4, -0.2) is 5.78 Å². The predicted molar refractivity (Wildman–Crippen MR) is 67.1 cm³/mol. The topological polar surface area (TPSA) is 40.9 Å². The zero-order valence-corrected chi connectivity index (χ0v) is 10.6. The molecule has 0 unspecified atom stereocenters. The Morgan fingerprint density at radius 3 is 1.94 bits per heavy atom. The zero-order chi connectivity index (χ0) is 12.1. The van der Waals surface area contributed by atoms with E-state index < -0.39 is 0 Å². The van der Waals surface area contributed by atoms with Gasteiger partial charge in [0.25, 0.3) is 0 Å². The van der Waals surface area contributed by atoms with Gasteiger partial charge in [0.1, 0.15) is 5.78 Å². The molecule has 0 aromatic rings. The molecule has 0 aromatic heterocycles. The Kier molecular flexibility index (Phi) is 11.6. The van der Waals surface area contributed by atoms with E-state index in [0.29, 0.717) is 6.42 Å². The van der Waals surface area contributed by atoms with Gasteiger partial charge in [0.15, 0.2) is 0 Å². The van der Waals surface area contributed by atoms with Crippen LogP contribution < -0.4 is 0 Å². The summed E-state index contributed by atoms with van der Waals surface area (Å²) in [5, 5.41) is 8.31. The second-order valence-electron chi connectivity index (χ2n) is 4.45. The van der Waals surface area contributed by atoms with E-state index in [-0.39, 0.29) is 12.2 Å². The van der Waals surface area contributed by atoms with Gasteiger partial charge in [-0.1, -0.05) is 58.3 Å². The second kappa shape index (κ2) is 12.2. The summed E-state index contributed by atoms with van der Waals surface area (Å²) in [6, 6.07) is 1.90. The first-order chi connectivity index (χ1) is 7.81. The summed E-state index contributed by atoms with van der Waals surface area (Å²) in [5.41, 5.74) is 0. The van der Waals surface area contributed by atoms with E-state index in [9.17, 15) is 4.79 Å². The smallest absolute Gasteiger partial charge is 0.146 e. The fraction of sp³-hybridized carbons (Fsp3) is 0.857. The van der Waals surface area contributed by atoms with E-state index in [4.69, 9.17) is 5.26 Å². The average molecular weight is 223 g/mol. The van der Waals surface area contributed by atoms with Gasteiger partial charge in [-0.3, -0.25) is 4.79 Å². The van der Waals surface area contributed by atoms with Crippen molar-refractivity contribution in [1.29, 1.82) is 5.26 Å². The molecule has 0 heterocycles. The number of nitrogens with zero attached hydrogens (tertiary/aromatic N) is 1. The highest BCUT2D eigenvalue weighted by molar-refractivity contribution is 5.80. The minimum absolute atomic E-state index is 0.0943. The van der Waals surface area contributed by atoms with Crippen molar-refractivity contribution in [3.05, 3.63) is 0 Å². The van der Waals surface area contributed by atoms with E-state index in [2.05, 4.69) is 6.92 Å². The van der Waals surface area contributed by atoms with Gasteiger partial charge in [-0.2, -0.15) is 5.26 Å². The van der Waals surface area contributed by atoms with Gasteiger partial charge in [0.2, 0.25) is 0 Å². The molecular formula is C14H25NO. The van der Waals surface area contributed by atoms with Crippen molar-refractivity contribution in [2.24, 2.45) is 0 Å². The first kappa shape index (κ1) is 15.2. The van der Waals surface area contributed by atoms with Crippen LogP contribution in [0.15, 0.2) is 0 Å². The summed E-state index contributed by atoms with van der Waals surface area (Å²) in [4.78, 5) is 11.0. The maximum atomic E-state index is 11.0. The molecule has 0 saturated heterocycles. The van der Waals surface area contributed by atoms with Crippen molar-refractivity contribution >= 4 is 5.78 Å². The van der Waals surface area contributed by atoms with Crippen LogP contribution in [-0.2, 0) is 4.79 Å². The minimum Gasteiger partial charge on any atom is -0.299 e. The molecule has 0 aliphatic heterocycles. The van der Waals surface area contributed by atoms with Gasteiger partial charge in [-0.05, 0) is 6.42 Å². The lowest BCUT2D eigenvalue weighted by Crippen LogP contribution is -1.95. The Labute approximate surface area is 100 Å². The standard InChI is InChI=1S/C14H25NO/c1-2-3-4-5-6-7-8-9-10-11-14(16)12-13-15/h2-12H2,1H3. The molecule has 0 radical (unpaired) electrons. The summed E-state index contributed by atoms with van der Waals surface area (Å²) in [5.74, 6) is 0.102. The second-order valence-corrected chi connectivity index (χ2v) is 4.45. The van der Waals surface area contributed by atoms with Crippen molar-refractivity contribution in [3.63, 3.8) is 0 Å². The van der Waals surface area contributed by atoms with Gasteiger partial charge < -0.3 is 0 Å². The van der Waals surface area contributed by atoms with Gasteiger partial charge in [-0.25, -0.2) is 0 Å². The first-order valence-corrected chi connectivity index (χ1v) is 6.70. The monoisotopic (exact) mass is 223 g/mol. The third kappa shape index (κ3) is 11.2. The van der Waals surface area contributed by atoms with Gasteiger partial charge >= 0.3 is 0 Å². The molecule has 0 N–H and O–H groups in total. The molecule has 0 atom stereocenters. The average Bonchev–Trinajstić information content (AvgIpc) is 2.27. The number of rotatable bonds is 11. The molecule has 0 saturated carbocycles. The fourth-order valence-corrected chi connectivity index (χ4v) is 1.81. The zero-order valence-electron chi connectivity index (χ0n) is 10.6. The van der Waals surface area contributed by atoms with Crippen LogP contribution >= 0.6 is 0 Å². The molecule has 0 rings (SSSR count). The fourth-order valence-electron chi connectivity index (χ4n) is 1.81. The highest BCUT2D eigenvalue weighted by Crippen LogP contribution is 2.10. The van der Waals surface area contributed by atoms with Crippen LogP contribution in [0.2, 0.25) is 0 Å². The predicted octanol–water partition coefficient (Wildman–Crippen LogP) is 4.39. The highest BCUT2D eigenvalue weighted by atomic mass is 16.1. The molecule has 0 aliphatic carbocycles. The van der Waals surface area contributed by atoms with E-state index in [1.54, 1.807) is 0 Å². The number of Topliss-reactive ketones (excluding diaryl/α,β-unsaturated/α-hetero) is 1. The van der Waals surface area contributed by atoms with Crippen molar-refractivity contribution in [1.82, 2.24) is 0 Å². The lowest BCUT2D eigenvalue weighted by atomic mass is 10.1.